The third kappa shape index (κ3) is 5.31. The summed E-state index contributed by atoms with van der Waals surface area (Å²) in [7, 11) is 1.26. The van der Waals surface area contributed by atoms with Gasteiger partial charge in [-0.2, -0.15) is 5.10 Å². The van der Waals surface area contributed by atoms with Crippen LogP contribution in [0, 0.1) is 0 Å². The molecule has 1 aliphatic heterocycles. The summed E-state index contributed by atoms with van der Waals surface area (Å²) < 4.78 is 11.5. The molecule has 0 radical (unpaired) electrons. The predicted octanol–water partition coefficient (Wildman–Crippen LogP) is 3.88. The second kappa shape index (κ2) is 9.07. The van der Waals surface area contributed by atoms with Crippen LogP contribution < -0.4 is 10.6 Å². The molecule has 1 atom stereocenters. The molecule has 0 saturated heterocycles. The molecule has 0 spiro atoms. The zero-order valence-electron chi connectivity index (χ0n) is 18.6. The summed E-state index contributed by atoms with van der Waals surface area (Å²) in [5.74, 6) is -0.283. The Morgan fingerprint density at radius 1 is 1.25 bits per heavy atom. The van der Waals surface area contributed by atoms with Gasteiger partial charge in [0.25, 0.3) is 5.91 Å². The fourth-order valence-electron chi connectivity index (χ4n) is 3.28. The number of carbonyl (C=O) groups excluding carboxylic acids is 3. The summed E-state index contributed by atoms with van der Waals surface area (Å²) in [5.41, 5.74) is 1.21. The maximum absolute atomic E-state index is 13.0. The molecular formula is C21H26ClN5O5. The molecular weight excluding hydrogens is 438 g/mol. The molecule has 2 N–H and O–H groups in total. The second-order valence-corrected chi connectivity index (χ2v) is 8.82. The van der Waals surface area contributed by atoms with Gasteiger partial charge in [0.1, 0.15) is 11.3 Å². The van der Waals surface area contributed by atoms with E-state index in [9.17, 15) is 14.4 Å². The quantitative estimate of drug-likeness (QED) is 0.711. The number of ether oxygens (including phenoxy) is 2. The van der Waals surface area contributed by atoms with Crippen LogP contribution in [0.2, 0.25) is 5.02 Å². The second-order valence-electron chi connectivity index (χ2n) is 8.38. The smallest absolute Gasteiger partial charge is 0.411 e. The van der Waals surface area contributed by atoms with Gasteiger partial charge in [-0.25, -0.2) is 9.59 Å². The fourth-order valence-corrected chi connectivity index (χ4v) is 3.45. The van der Waals surface area contributed by atoms with Gasteiger partial charge in [-0.1, -0.05) is 11.6 Å². The van der Waals surface area contributed by atoms with E-state index in [1.54, 1.807) is 49.7 Å². The van der Waals surface area contributed by atoms with Crippen molar-refractivity contribution < 1.29 is 23.9 Å². The zero-order chi connectivity index (χ0) is 23.6. The van der Waals surface area contributed by atoms with Crippen LogP contribution in [0.15, 0.2) is 24.3 Å². The molecule has 3 amide bonds. The highest BCUT2D eigenvalue weighted by Gasteiger charge is 2.32. The lowest BCUT2D eigenvalue weighted by Crippen LogP contribution is -2.48. The number of nitrogens with one attached hydrogen (secondary N) is 2. The van der Waals surface area contributed by atoms with Crippen molar-refractivity contribution in [1.29, 1.82) is 0 Å². The van der Waals surface area contributed by atoms with Gasteiger partial charge in [-0.15, -0.1) is 0 Å². The first kappa shape index (κ1) is 23.4. The van der Waals surface area contributed by atoms with E-state index in [4.69, 9.17) is 16.3 Å². The van der Waals surface area contributed by atoms with E-state index in [1.165, 1.54) is 12.0 Å². The van der Waals surface area contributed by atoms with Crippen molar-refractivity contribution in [1.82, 2.24) is 20.0 Å². The Hall–Kier alpha value is -3.27. The summed E-state index contributed by atoms with van der Waals surface area (Å²) in [6.45, 7) is 7.58. The van der Waals surface area contributed by atoms with Crippen molar-refractivity contribution in [3.63, 3.8) is 0 Å². The number of anilines is 1. The van der Waals surface area contributed by atoms with Crippen molar-refractivity contribution in [3.05, 3.63) is 35.0 Å². The molecule has 0 fully saturated rings. The van der Waals surface area contributed by atoms with Gasteiger partial charge < -0.3 is 19.7 Å². The van der Waals surface area contributed by atoms with Crippen LogP contribution in [0.1, 0.15) is 44.2 Å². The molecule has 32 heavy (non-hydrogen) atoms. The zero-order valence-corrected chi connectivity index (χ0v) is 19.3. The maximum atomic E-state index is 13.0. The number of amides is 3. The van der Waals surface area contributed by atoms with Crippen molar-refractivity contribution in [2.75, 3.05) is 25.6 Å². The standard InChI is InChI=1S/C21H26ClN5O5/c1-12-10-26(11-23-19(29)32-21(2,3)4)18(28)17-9-16(25-27(12)17)14-7-6-13(22)8-15(14)24-20(30)31-5/h6-9,12H,10-11H2,1-5H3,(H,23,29)(H,24,30)/t12-/m0/s1. The van der Waals surface area contributed by atoms with Crippen LogP contribution in [-0.4, -0.2) is 58.7 Å². The molecule has 0 aliphatic carbocycles. The summed E-state index contributed by atoms with van der Waals surface area (Å²) in [6.07, 6.45) is -1.25. The first-order valence-corrected chi connectivity index (χ1v) is 10.4. The van der Waals surface area contributed by atoms with E-state index in [1.807, 2.05) is 6.92 Å². The van der Waals surface area contributed by atoms with Crippen molar-refractivity contribution in [2.45, 2.75) is 39.3 Å². The van der Waals surface area contributed by atoms with Crippen LogP contribution in [0.5, 0.6) is 0 Å². The number of hydrogen-bond donors (Lipinski definition) is 2. The molecule has 1 aromatic heterocycles. The number of methoxy groups -OCH3 is 1. The van der Waals surface area contributed by atoms with Crippen molar-refractivity contribution in [3.8, 4) is 11.3 Å². The number of nitrogens with zero attached hydrogens (tertiary/aromatic N) is 3. The normalized spacial score (nSPS) is 15.8. The van der Waals surface area contributed by atoms with Gasteiger partial charge in [0, 0.05) is 17.1 Å². The van der Waals surface area contributed by atoms with E-state index < -0.39 is 17.8 Å². The lowest BCUT2D eigenvalue weighted by atomic mass is 10.1. The predicted molar refractivity (Wildman–Crippen MR) is 119 cm³/mol. The van der Waals surface area contributed by atoms with Crippen molar-refractivity contribution in [2.24, 2.45) is 0 Å². The minimum absolute atomic E-state index is 0.00862. The van der Waals surface area contributed by atoms with E-state index in [2.05, 4.69) is 20.5 Å². The molecule has 0 bridgehead atoms. The fraction of sp³-hybridized carbons (Fsp3) is 0.429. The van der Waals surface area contributed by atoms with E-state index in [0.29, 0.717) is 34.2 Å². The Morgan fingerprint density at radius 2 is 1.97 bits per heavy atom. The summed E-state index contributed by atoms with van der Waals surface area (Å²) >= 11 is 6.07. The largest absolute Gasteiger partial charge is 0.453 e. The highest BCUT2D eigenvalue weighted by atomic mass is 35.5. The lowest BCUT2D eigenvalue weighted by Gasteiger charge is -2.32. The number of benzene rings is 1. The van der Waals surface area contributed by atoms with E-state index >= 15 is 0 Å². The van der Waals surface area contributed by atoms with Gasteiger partial charge >= 0.3 is 12.2 Å². The van der Waals surface area contributed by atoms with E-state index in [0.717, 1.165) is 0 Å². The number of carbonyl (C=O) groups is 3. The number of fused-ring (bicyclic) bond motifs is 1. The van der Waals surface area contributed by atoms with Crippen LogP contribution >= 0.6 is 11.6 Å². The molecule has 0 saturated carbocycles. The minimum atomic E-state index is -0.652. The SMILES string of the molecule is COC(=O)Nc1cc(Cl)ccc1-c1cc2n(n1)[C@@H](C)CN(CNC(=O)OC(C)(C)C)C2=O. The minimum Gasteiger partial charge on any atom is -0.453 e. The third-order valence-corrected chi connectivity index (χ3v) is 4.87. The third-order valence-electron chi connectivity index (χ3n) is 4.64. The number of rotatable bonds is 4. The van der Waals surface area contributed by atoms with Gasteiger partial charge in [-0.05, 0) is 52.0 Å². The molecule has 1 aliphatic rings. The summed E-state index contributed by atoms with van der Waals surface area (Å²) in [4.78, 5) is 38.2. The van der Waals surface area contributed by atoms with Gasteiger partial charge in [0.05, 0.1) is 31.2 Å². The number of halogens is 1. The molecule has 2 aromatic rings. The Balaban J connectivity index is 1.84. The lowest BCUT2D eigenvalue weighted by molar-refractivity contribution is 0.0454. The van der Waals surface area contributed by atoms with E-state index in [-0.39, 0.29) is 18.6 Å². The Kier molecular flexibility index (Phi) is 6.63. The van der Waals surface area contributed by atoms with Gasteiger partial charge in [0.2, 0.25) is 0 Å². The Morgan fingerprint density at radius 3 is 2.62 bits per heavy atom. The first-order chi connectivity index (χ1) is 15.0. The highest BCUT2D eigenvalue weighted by Crippen LogP contribution is 2.32. The number of aromatic nitrogens is 2. The van der Waals surface area contributed by atoms with Crippen molar-refractivity contribution >= 4 is 35.4 Å². The summed E-state index contributed by atoms with van der Waals surface area (Å²) in [5, 5.41) is 10.2. The van der Waals surface area contributed by atoms with Crippen LogP contribution in [0.4, 0.5) is 15.3 Å². The molecule has 1 aromatic carbocycles. The Labute approximate surface area is 190 Å². The van der Waals surface area contributed by atoms with Crippen LogP contribution in [-0.2, 0) is 9.47 Å². The summed E-state index contributed by atoms with van der Waals surface area (Å²) in [6, 6.07) is 6.46. The van der Waals surface area contributed by atoms with Gasteiger partial charge in [0.15, 0.2) is 0 Å². The molecule has 10 nitrogen and oxygen atoms in total. The maximum Gasteiger partial charge on any atom is 0.411 e. The molecule has 172 valence electrons. The highest BCUT2D eigenvalue weighted by molar-refractivity contribution is 6.31. The first-order valence-electron chi connectivity index (χ1n) is 9.99. The number of alkyl carbamates (subject to hydrolysis) is 1. The average Bonchev–Trinajstić information content (AvgIpc) is 3.14. The number of hydrogen-bond acceptors (Lipinski definition) is 6. The molecule has 3 rings (SSSR count). The molecule has 0 unspecified atom stereocenters. The van der Waals surface area contributed by atoms with Gasteiger partial charge in [-0.3, -0.25) is 14.8 Å². The molecule has 2 heterocycles. The Bertz CT molecular complexity index is 1050. The topological polar surface area (TPSA) is 115 Å². The van der Waals surface area contributed by atoms with Crippen LogP contribution in [0.3, 0.4) is 0 Å². The monoisotopic (exact) mass is 463 g/mol. The average molecular weight is 464 g/mol. The molecule has 11 heteroatoms. The van der Waals surface area contributed by atoms with Crippen LogP contribution in [0.25, 0.3) is 11.3 Å².